The molecule has 0 radical (unpaired) electrons. The third-order valence-electron chi connectivity index (χ3n) is 2.61. The van der Waals surface area contributed by atoms with Gasteiger partial charge in [0.25, 0.3) is 0 Å². The number of pyridine rings is 1. The lowest BCUT2D eigenvalue weighted by Crippen LogP contribution is -2.03. The molecule has 2 aromatic heterocycles. The molecule has 0 fully saturated rings. The molecule has 0 saturated heterocycles. The second kappa shape index (κ2) is 5.68. The average molecular weight is 251 g/mol. The molecule has 2 rings (SSSR count). The number of anilines is 1. The molecule has 0 unspecified atom stereocenters. The van der Waals surface area contributed by atoms with Crippen molar-refractivity contribution in [2.45, 2.75) is 19.8 Å². The number of hydrogen-bond acceptors (Lipinski definition) is 3. The summed E-state index contributed by atoms with van der Waals surface area (Å²) in [6.45, 7) is 2.95. The van der Waals surface area contributed by atoms with Crippen LogP contribution in [0.1, 0.15) is 17.7 Å². The van der Waals surface area contributed by atoms with E-state index in [0.29, 0.717) is 5.15 Å². The Hall–Kier alpha value is -1.55. The topological polar surface area (TPSA) is 53.6 Å². The molecule has 5 heteroatoms. The Bertz CT molecular complexity index is 481. The molecular formula is C12H15ClN4. The molecule has 0 amide bonds. The number of nitrogens with one attached hydrogen (secondary N) is 2. The SMILES string of the molecule is Cc1[nH]ncc1CCCNc1ccnc(Cl)c1. The van der Waals surface area contributed by atoms with Gasteiger partial charge in [-0.15, -0.1) is 0 Å². The number of nitrogens with zero attached hydrogens (tertiary/aromatic N) is 2. The van der Waals surface area contributed by atoms with E-state index in [1.807, 2.05) is 25.3 Å². The van der Waals surface area contributed by atoms with E-state index >= 15 is 0 Å². The molecule has 0 saturated carbocycles. The standard InChI is InChI=1S/C12H15ClN4/c1-9-10(8-16-17-9)3-2-5-14-11-4-6-15-12(13)7-11/h4,6-8H,2-3,5H2,1H3,(H,14,15)(H,16,17). The van der Waals surface area contributed by atoms with E-state index in [9.17, 15) is 0 Å². The molecule has 17 heavy (non-hydrogen) atoms. The first-order valence-corrected chi connectivity index (χ1v) is 5.98. The fraction of sp³-hybridized carbons (Fsp3) is 0.333. The molecule has 2 aromatic rings. The molecule has 0 bridgehead atoms. The highest BCUT2D eigenvalue weighted by molar-refractivity contribution is 6.29. The maximum Gasteiger partial charge on any atom is 0.131 e. The van der Waals surface area contributed by atoms with Crippen LogP contribution < -0.4 is 5.32 Å². The summed E-state index contributed by atoms with van der Waals surface area (Å²) in [5.41, 5.74) is 3.44. The zero-order valence-corrected chi connectivity index (χ0v) is 10.5. The Morgan fingerprint density at radius 1 is 1.47 bits per heavy atom. The van der Waals surface area contributed by atoms with Crippen LogP contribution >= 0.6 is 11.6 Å². The van der Waals surface area contributed by atoms with Crippen molar-refractivity contribution in [2.24, 2.45) is 0 Å². The molecule has 90 valence electrons. The fourth-order valence-corrected chi connectivity index (χ4v) is 1.83. The highest BCUT2D eigenvalue weighted by atomic mass is 35.5. The fourth-order valence-electron chi connectivity index (χ4n) is 1.65. The van der Waals surface area contributed by atoms with Gasteiger partial charge < -0.3 is 5.32 Å². The molecule has 0 spiro atoms. The summed E-state index contributed by atoms with van der Waals surface area (Å²) in [6.07, 6.45) is 5.66. The van der Waals surface area contributed by atoms with E-state index in [0.717, 1.165) is 30.8 Å². The van der Waals surface area contributed by atoms with Gasteiger partial charge in [0.2, 0.25) is 0 Å². The van der Waals surface area contributed by atoms with Crippen molar-refractivity contribution in [1.82, 2.24) is 15.2 Å². The van der Waals surface area contributed by atoms with Crippen LogP contribution in [0.3, 0.4) is 0 Å². The van der Waals surface area contributed by atoms with Crippen LogP contribution in [0.4, 0.5) is 5.69 Å². The number of rotatable bonds is 5. The summed E-state index contributed by atoms with van der Waals surface area (Å²) < 4.78 is 0. The number of aromatic nitrogens is 3. The minimum atomic E-state index is 0.515. The van der Waals surface area contributed by atoms with Crippen molar-refractivity contribution in [3.8, 4) is 0 Å². The van der Waals surface area contributed by atoms with Gasteiger partial charge in [-0.2, -0.15) is 5.10 Å². The molecule has 4 nitrogen and oxygen atoms in total. The van der Waals surface area contributed by atoms with Crippen molar-refractivity contribution in [1.29, 1.82) is 0 Å². The first-order chi connectivity index (χ1) is 8.25. The lowest BCUT2D eigenvalue weighted by Gasteiger charge is -2.05. The minimum Gasteiger partial charge on any atom is -0.385 e. The number of aromatic amines is 1. The lowest BCUT2D eigenvalue weighted by molar-refractivity contribution is 0.857. The van der Waals surface area contributed by atoms with E-state index in [2.05, 4.69) is 20.5 Å². The zero-order chi connectivity index (χ0) is 12.1. The molecule has 2 N–H and O–H groups in total. The summed E-state index contributed by atoms with van der Waals surface area (Å²) in [7, 11) is 0. The van der Waals surface area contributed by atoms with Gasteiger partial charge in [-0.25, -0.2) is 4.98 Å². The predicted molar refractivity (Wildman–Crippen MR) is 69.4 cm³/mol. The average Bonchev–Trinajstić information content (AvgIpc) is 2.71. The Morgan fingerprint density at radius 2 is 2.35 bits per heavy atom. The van der Waals surface area contributed by atoms with Gasteiger partial charge in [0.1, 0.15) is 5.15 Å². The summed E-state index contributed by atoms with van der Waals surface area (Å²) in [6, 6.07) is 3.74. The van der Waals surface area contributed by atoms with Crippen LogP contribution in [0.2, 0.25) is 5.15 Å². The molecule has 2 heterocycles. The second-order valence-electron chi connectivity index (χ2n) is 3.92. The van der Waals surface area contributed by atoms with Crippen LogP contribution in [-0.2, 0) is 6.42 Å². The summed E-state index contributed by atoms with van der Waals surface area (Å²) >= 11 is 5.80. The minimum absolute atomic E-state index is 0.515. The number of H-pyrrole nitrogens is 1. The van der Waals surface area contributed by atoms with Crippen molar-refractivity contribution in [3.05, 3.63) is 40.9 Å². The van der Waals surface area contributed by atoms with Crippen LogP contribution in [0, 0.1) is 6.92 Å². The van der Waals surface area contributed by atoms with E-state index in [1.165, 1.54) is 5.56 Å². The Balaban J connectivity index is 1.75. The van der Waals surface area contributed by atoms with Gasteiger partial charge in [-0.3, -0.25) is 5.10 Å². The highest BCUT2D eigenvalue weighted by Gasteiger charge is 1.99. The third kappa shape index (κ3) is 3.46. The molecule has 0 aliphatic rings. The van der Waals surface area contributed by atoms with E-state index < -0.39 is 0 Å². The van der Waals surface area contributed by atoms with Gasteiger partial charge in [-0.05, 0) is 37.5 Å². The first-order valence-electron chi connectivity index (χ1n) is 5.60. The van der Waals surface area contributed by atoms with Crippen molar-refractivity contribution >= 4 is 17.3 Å². The maximum atomic E-state index is 5.80. The summed E-state index contributed by atoms with van der Waals surface area (Å²) in [5, 5.41) is 10.8. The van der Waals surface area contributed by atoms with E-state index in [1.54, 1.807) is 6.20 Å². The highest BCUT2D eigenvalue weighted by Crippen LogP contribution is 2.12. The maximum absolute atomic E-state index is 5.80. The van der Waals surface area contributed by atoms with Crippen molar-refractivity contribution < 1.29 is 0 Å². The third-order valence-corrected chi connectivity index (χ3v) is 2.82. The molecule has 0 aliphatic heterocycles. The summed E-state index contributed by atoms with van der Waals surface area (Å²) in [5.74, 6) is 0. The van der Waals surface area contributed by atoms with E-state index in [4.69, 9.17) is 11.6 Å². The number of aryl methyl sites for hydroxylation is 2. The predicted octanol–water partition coefficient (Wildman–Crippen LogP) is 2.81. The molecule has 0 aromatic carbocycles. The van der Waals surface area contributed by atoms with Crippen molar-refractivity contribution in [2.75, 3.05) is 11.9 Å². The van der Waals surface area contributed by atoms with Gasteiger partial charge in [0.15, 0.2) is 0 Å². The van der Waals surface area contributed by atoms with Gasteiger partial charge in [0, 0.05) is 24.1 Å². The van der Waals surface area contributed by atoms with E-state index in [-0.39, 0.29) is 0 Å². The molecular weight excluding hydrogens is 236 g/mol. The lowest BCUT2D eigenvalue weighted by atomic mass is 10.1. The van der Waals surface area contributed by atoms with Crippen LogP contribution in [0.25, 0.3) is 0 Å². The Morgan fingerprint density at radius 3 is 3.06 bits per heavy atom. The zero-order valence-electron chi connectivity index (χ0n) is 9.70. The smallest absolute Gasteiger partial charge is 0.131 e. The normalized spacial score (nSPS) is 10.5. The first kappa shape index (κ1) is 11.9. The number of halogens is 1. The molecule has 0 aliphatic carbocycles. The monoisotopic (exact) mass is 250 g/mol. The van der Waals surface area contributed by atoms with Crippen LogP contribution in [0.5, 0.6) is 0 Å². The van der Waals surface area contributed by atoms with Crippen LogP contribution in [-0.4, -0.2) is 21.7 Å². The second-order valence-corrected chi connectivity index (χ2v) is 4.31. The quantitative estimate of drug-likeness (QED) is 0.634. The summed E-state index contributed by atoms with van der Waals surface area (Å²) in [4.78, 5) is 3.93. The van der Waals surface area contributed by atoms with Crippen molar-refractivity contribution in [3.63, 3.8) is 0 Å². The Labute approximate surface area is 105 Å². The Kier molecular flexibility index (Phi) is 3.98. The molecule has 0 atom stereocenters. The van der Waals surface area contributed by atoms with Crippen LogP contribution in [0.15, 0.2) is 24.5 Å². The number of hydrogen-bond donors (Lipinski definition) is 2. The van der Waals surface area contributed by atoms with Gasteiger partial charge >= 0.3 is 0 Å². The largest absolute Gasteiger partial charge is 0.385 e. The van der Waals surface area contributed by atoms with Gasteiger partial charge in [0.05, 0.1) is 6.20 Å². The van der Waals surface area contributed by atoms with Gasteiger partial charge in [-0.1, -0.05) is 11.6 Å².